The van der Waals surface area contributed by atoms with E-state index >= 15 is 0 Å². The van der Waals surface area contributed by atoms with E-state index in [0.29, 0.717) is 0 Å². The summed E-state index contributed by atoms with van der Waals surface area (Å²) in [5, 5.41) is 9.71. The molecule has 0 spiro atoms. The van der Waals surface area contributed by atoms with Crippen molar-refractivity contribution in [3.63, 3.8) is 0 Å². The van der Waals surface area contributed by atoms with Crippen molar-refractivity contribution < 1.29 is 27.4 Å². The number of rotatable bonds is 2. The van der Waals surface area contributed by atoms with Crippen LogP contribution < -0.4 is 4.74 Å². The van der Waals surface area contributed by atoms with Gasteiger partial charge in [0.2, 0.25) is 5.82 Å². The van der Waals surface area contributed by atoms with Crippen molar-refractivity contribution >= 4 is 0 Å². The SMILES string of the molecule is CC(C)c1cc(C(F)(F)F)c(OC(C)(C)C)c(F)c1O. The van der Waals surface area contributed by atoms with Crippen LogP contribution in [0.5, 0.6) is 11.5 Å². The molecule has 0 bridgehead atoms. The maximum absolute atomic E-state index is 14.1. The summed E-state index contributed by atoms with van der Waals surface area (Å²) in [5.41, 5.74) is -2.34. The summed E-state index contributed by atoms with van der Waals surface area (Å²) in [5.74, 6) is -3.59. The van der Waals surface area contributed by atoms with Gasteiger partial charge in [0, 0.05) is 5.56 Å². The molecule has 0 saturated heterocycles. The third-order valence-corrected chi connectivity index (χ3v) is 2.56. The van der Waals surface area contributed by atoms with Crippen LogP contribution in [0.15, 0.2) is 6.07 Å². The number of hydrogen-bond acceptors (Lipinski definition) is 2. The van der Waals surface area contributed by atoms with Crippen molar-refractivity contribution in [3.8, 4) is 11.5 Å². The quantitative estimate of drug-likeness (QED) is 0.790. The predicted octanol–water partition coefficient (Wildman–Crippen LogP) is 4.85. The molecule has 0 aliphatic rings. The summed E-state index contributed by atoms with van der Waals surface area (Å²) < 4.78 is 58.3. The number of phenolic OH excluding ortho intramolecular Hbond substituents is 1. The Morgan fingerprint density at radius 1 is 1.15 bits per heavy atom. The van der Waals surface area contributed by atoms with E-state index in [9.17, 15) is 22.7 Å². The Morgan fingerprint density at radius 2 is 1.65 bits per heavy atom. The van der Waals surface area contributed by atoms with E-state index in [2.05, 4.69) is 0 Å². The summed E-state index contributed by atoms with van der Waals surface area (Å²) in [4.78, 5) is 0. The second kappa shape index (κ2) is 5.14. The largest absolute Gasteiger partial charge is 0.505 e. The molecule has 1 N–H and O–H groups in total. The van der Waals surface area contributed by atoms with Gasteiger partial charge in [-0.15, -0.1) is 0 Å². The fraction of sp³-hybridized carbons (Fsp3) is 0.571. The molecular weight excluding hydrogens is 276 g/mol. The second-order valence-electron chi connectivity index (χ2n) is 5.87. The molecule has 0 radical (unpaired) electrons. The molecular formula is C14H18F4O2. The van der Waals surface area contributed by atoms with Gasteiger partial charge >= 0.3 is 6.18 Å². The van der Waals surface area contributed by atoms with E-state index in [1.54, 1.807) is 13.8 Å². The molecule has 20 heavy (non-hydrogen) atoms. The highest BCUT2D eigenvalue weighted by Crippen LogP contribution is 2.45. The third kappa shape index (κ3) is 3.55. The second-order valence-corrected chi connectivity index (χ2v) is 5.87. The maximum Gasteiger partial charge on any atom is 0.420 e. The molecule has 0 unspecified atom stereocenters. The number of halogens is 4. The number of hydrogen-bond donors (Lipinski definition) is 1. The molecule has 0 aliphatic carbocycles. The van der Waals surface area contributed by atoms with Gasteiger partial charge in [0.25, 0.3) is 0 Å². The van der Waals surface area contributed by atoms with Crippen LogP contribution in [0.4, 0.5) is 17.6 Å². The van der Waals surface area contributed by atoms with E-state index in [1.165, 1.54) is 20.8 Å². The molecule has 6 heteroatoms. The standard InChI is InChI=1S/C14H18F4O2/c1-7(2)8-6-9(14(16,17)18)12(10(15)11(8)19)20-13(3,4)5/h6-7,19H,1-5H3. The lowest BCUT2D eigenvalue weighted by atomic mass is 9.98. The van der Waals surface area contributed by atoms with Gasteiger partial charge in [0.1, 0.15) is 11.2 Å². The molecule has 0 saturated carbocycles. The zero-order chi connectivity index (χ0) is 15.9. The molecule has 2 nitrogen and oxygen atoms in total. The molecule has 0 fully saturated rings. The minimum absolute atomic E-state index is 0.101. The summed E-state index contributed by atoms with van der Waals surface area (Å²) >= 11 is 0. The topological polar surface area (TPSA) is 29.5 Å². The van der Waals surface area contributed by atoms with Crippen LogP contribution in [0, 0.1) is 5.82 Å². The molecule has 114 valence electrons. The molecule has 0 heterocycles. The van der Waals surface area contributed by atoms with Crippen molar-refractivity contribution in [2.24, 2.45) is 0 Å². The summed E-state index contributed by atoms with van der Waals surface area (Å²) in [6.07, 6.45) is -4.77. The van der Waals surface area contributed by atoms with E-state index in [0.717, 1.165) is 6.07 Å². The highest BCUT2D eigenvalue weighted by atomic mass is 19.4. The van der Waals surface area contributed by atoms with Crippen LogP contribution in [0.25, 0.3) is 0 Å². The monoisotopic (exact) mass is 294 g/mol. The van der Waals surface area contributed by atoms with Crippen molar-refractivity contribution in [2.75, 3.05) is 0 Å². The van der Waals surface area contributed by atoms with Gasteiger partial charge in [-0.3, -0.25) is 0 Å². The van der Waals surface area contributed by atoms with Crippen LogP contribution in [0.2, 0.25) is 0 Å². The summed E-state index contributed by atoms with van der Waals surface area (Å²) in [7, 11) is 0. The molecule has 1 rings (SSSR count). The smallest absolute Gasteiger partial charge is 0.420 e. The van der Waals surface area contributed by atoms with Gasteiger partial charge in [-0.1, -0.05) is 13.8 Å². The van der Waals surface area contributed by atoms with E-state index in [1.807, 2.05) is 0 Å². The minimum Gasteiger partial charge on any atom is -0.505 e. The molecule has 0 atom stereocenters. The zero-order valence-electron chi connectivity index (χ0n) is 12.0. The zero-order valence-corrected chi connectivity index (χ0v) is 12.0. The first-order valence-electron chi connectivity index (χ1n) is 6.16. The van der Waals surface area contributed by atoms with Crippen molar-refractivity contribution in [1.82, 2.24) is 0 Å². The maximum atomic E-state index is 14.1. The van der Waals surface area contributed by atoms with Crippen LogP contribution in [0.3, 0.4) is 0 Å². The highest BCUT2D eigenvalue weighted by Gasteiger charge is 2.39. The summed E-state index contributed by atoms with van der Waals surface area (Å²) in [6, 6.07) is 0.740. The van der Waals surface area contributed by atoms with Gasteiger partial charge < -0.3 is 9.84 Å². The van der Waals surface area contributed by atoms with Gasteiger partial charge in [-0.25, -0.2) is 0 Å². The molecule has 0 aliphatic heterocycles. The summed E-state index contributed by atoms with van der Waals surface area (Å²) in [6.45, 7) is 7.64. The Balaban J connectivity index is 3.60. The number of alkyl halides is 3. The minimum atomic E-state index is -4.77. The number of phenols is 1. The van der Waals surface area contributed by atoms with Gasteiger partial charge in [-0.2, -0.15) is 17.6 Å². The van der Waals surface area contributed by atoms with Crippen molar-refractivity contribution in [3.05, 3.63) is 23.0 Å². The molecule has 1 aromatic rings. The lowest BCUT2D eigenvalue weighted by molar-refractivity contribution is -0.140. The molecule has 0 aromatic heterocycles. The fourth-order valence-electron chi connectivity index (χ4n) is 1.70. The first-order chi connectivity index (χ1) is 8.84. The Labute approximate surface area is 115 Å². The van der Waals surface area contributed by atoms with Crippen LogP contribution >= 0.6 is 0 Å². The Morgan fingerprint density at radius 3 is 2.00 bits per heavy atom. The van der Waals surface area contributed by atoms with Crippen LogP contribution in [-0.4, -0.2) is 10.7 Å². The third-order valence-electron chi connectivity index (χ3n) is 2.56. The van der Waals surface area contributed by atoms with E-state index in [-0.39, 0.29) is 5.56 Å². The molecule has 0 amide bonds. The van der Waals surface area contributed by atoms with Crippen molar-refractivity contribution in [1.29, 1.82) is 0 Å². The van der Waals surface area contributed by atoms with E-state index < -0.39 is 40.6 Å². The average molecular weight is 294 g/mol. The van der Waals surface area contributed by atoms with Crippen LogP contribution in [-0.2, 0) is 6.18 Å². The Kier molecular flexibility index (Phi) is 4.27. The lowest BCUT2D eigenvalue weighted by Gasteiger charge is -2.25. The first-order valence-corrected chi connectivity index (χ1v) is 6.16. The first kappa shape index (κ1) is 16.6. The average Bonchev–Trinajstić information content (AvgIpc) is 2.20. The predicted molar refractivity (Wildman–Crippen MR) is 67.5 cm³/mol. The highest BCUT2D eigenvalue weighted by molar-refractivity contribution is 5.50. The normalized spacial score (nSPS) is 12.9. The Hall–Kier alpha value is -1.46. The van der Waals surface area contributed by atoms with E-state index in [4.69, 9.17) is 4.74 Å². The van der Waals surface area contributed by atoms with Crippen molar-refractivity contribution in [2.45, 2.75) is 52.3 Å². The number of aromatic hydroxyl groups is 1. The van der Waals surface area contributed by atoms with Crippen LogP contribution in [0.1, 0.15) is 51.7 Å². The Bertz CT molecular complexity index is 499. The fourth-order valence-corrected chi connectivity index (χ4v) is 1.70. The van der Waals surface area contributed by atoms with Gasteiger partial charge in [0.05, 0.1) is 0 Å². The lowest BCUT2D eigenvalue weighted by Crippen LogP contribution is -2.26. The molecule has 1 aromatic carbocycles. The van der Waals surface area contributed by atoms with Gasteiger partial charge in [-0.05, 0) is 32.8 Å². The number of ether oxygens (including phenoxy) is 1. The number of benzene rings is 1. The van der Waals surface area contributed by atoms with Gasteiger partial charge in [0.15, 0.2) is 11.5 Å².